The molecular weight excluding hydrogens is 1990 g/mol. The molecule has 0 aliphatic carbocycles. The fourth-order valence-electron chi connectivity index (χ4n) is 14.4. The van der Waals surface area contributed by atoms with Crippen LogP contribution in [0.1, 0.15) is 263 Å². The summed E-state index contributed by atoms with van der Waals surface area (Å²) in [5, 5.41) is 8.44. The number of carboxylic acids is 1. The number of cyclic esters (lactones) is 1. The second-order valence-electron chi connectivity index (χ2n) is 38.9. The summed E-state index contributed by atoms with van der Waals surface area (Å²) in [6.07, 6.45) is 9.47. The van der Waals surface area contributed by atoms with Crippen molar-refractivity contribution in [3.63, 3.8) is 0 Å². The molecule has 15 aliphatic heterocycles. The van der Waals surface area contributed by atoms with Crippen molar-refractivity contribution in [3.8, 4) is 0 Å². The van der Waals surface area contributed by atoms with Crippen LogP contribution in [-0.4, -0.2) is 239 Å². The Morgan fingerprint density at radius 1 is 0.305 bits per heavy atom. The van der Waals surface area contributed by atoms with Gasteiger partial charge in [0, 0.05) is 113 Å². The van der Waals surface area contributed by atoms with Crippen LogP contribution in [0.2, 0.25) is 94.2 Å². The number of carbonyl (C=O) groups is 7. The van der Waals surface area contributed by atoms with Gasteiger partial charge in [0.2, 0.25) is 18.7 Å². The molecule has 15 heterocycles. The maximum Gasteiger partial charge on any atom is 0.518 e. The lowest BCUT2D eigenvalue weighted by Gasteiger charge is -2.62. The van der Waals surface area contributed by atoms with Gasteiger partial charge in [-0.15, -0.1) is 0 Å². The number of carboxylic acid groups (broad SMARTS) is 1. The highest BCUT2D eigenvalue weighted by atomic mass is 28.6. The summed E-state index contributed by atoms with van der Waals surface area (Å²) in [5.41, 5.74) is -3.16. The first-order valence-corrected chi connectivity index (χ1v) is 79.8. The zero-order chi connectivity index (χ0) is 98.5. The molecule has 0 aromatic carbocycles. The minimum absolute atomic E-state index is 0.146. The lowest BCUT2D eigenvalue weighted by atomic mass is 9.90. The maximum absolute atomic E-state index is 13.3. The van der Waals surface area contributed by atoms with E-state index in [1.807, 2.05) is 145 Å². The van der Waals surface area contributed by atoms with Crippen molar-refractivity contribution in [1.29, 1.82) is 0 Å². The van der Waals surface area contributed by atoms with Gasteiger partial charge in [0.1, 0.15) is 0 Å². The molecule has 0 amide bonds. The Kier molecular flexibility index (Phi) is 38.2. The molecule has 758 valence electrons. The molecule has 0 spiro atoms. The number of ether oxygens (including phenoxy) is 8. The van der Waals surface area contributed by atoms with Crippen LogP contribution >= 0.6 is 0 Å². The molecule has 0 aromatic heterocycles. The van der Waals surface area contributed by atoms with Crippen LogP contribution in [0.15, 0.2) is 0 Å². The van der Waals surface area contributed by atoms with Crippen molar-refractivity contribution >= 4 is 183 Å². The summed E-state index contributed by atoms with van der Waals surface area (Å²) in [6, 6.07) is 2.77. The maximum atomic E-state index is 13.3. The summed E-state index contributed by atoms with van der Waals surface area (Å²) >= 11 is 0. The zero-order valence-electron chi connectivity index (χ0n) is 83.7. The van der Waals surface area contributed by atoms with E-state index in [0.29, 0.717) is 101 Å². The molecule has 15 rings (SSSR count). The third kappa shape index (κ3) is 28.4. The van der Waals surface area contributed by atoms with E-state index in [1.54, 1.807) is 73.5 Å². The Morgan fingerprint density at radius 3 is 0.786 bits per heavy atom. The molecule has 0 radical (unpaired) electrons. The van der Waals surface area contributed by atoms with E-state index in [4.69, 9.17) is 142 Å². The van der Waals surface area contributed by atoms with Crippen LogP contribution in [-0.2, 0) is 170 Å². The molecule has 0 saturated carbocycles. The van der Waals surface area contributed by atoms with Gasteiger partial charge in [-0.25, -0.2) is 4.79 Å². The molecule has 131 heavy (non-hydrogen) atoms. The van der Waals surface area contributed by atoms with Crippen LogP contribution in [0.5, 0.6) is 0 Å². The van der Waals surface area contributed by atoms with Gasteiger partial charge in [-0.2, -0.15) is 0 Å². The van der Waals surface area contributed by atoms with Gasteiger partial charge in [-0.05, 0) is 154 Å². The first-order chi connectivity index (χ1) is 60.4. The van der Waals surface area contributed by atoms with Crippen LogP contribution in [0.4, 0.5) is 0 Å². The molecule has 1 N–H and O–H groups in total. The average Bonchev–Trinajstić information content (AvgIpc) is 0.992. The van der Waals surface area contributed by atoms with Gasteiger partial charge in [0.15, 0.2) is 6.23 Å². The number of aliphatic carboxylic acids is 1. The van der Waals surface area contributed by atoms with E-state index < -0.39 is 187 Å². The highest BCUT2D eigenvalue weighted by Gasteiger charge is 2.84. The molecular formula is C75H154O40Si16. The lowest BCUT2D eigenvalue weighted by Crippen LogP contribution is -2.88. The smallest absolute Gasteiger partial charge is 0.481 e. The summed E-state index contributed by atoms with van der Waals surface area (Å²) in [7, 11) is -59.1. The quantitative estimate of drug-likeness (QED) is 0.0329. The molecule has 56 heteroatoms. The summed E-state index contributed by atoms with van der Waals surface area (Å²) in [6.45, 7) is 61.3. The Labute approximate surface area is 793 Å². The molecule has 3 atom stereocenters. The molecule has 15 fully saturated rings. The molecule has 3 unspecified atom stereocenters. The van der Waals surface area contributed by atoms with E-state index in [0.717, 1.165) is 51.4 Å². The number of esters is 6. The van der Waals surface area contributed by atoms with Crippen molar-refractivity contribution < 1.29 is 175 Å². The molecule has 40 nitrogen and oxygen atoms in total. The summed E-state index contributed by atoms with van der Waals surface area (Å²) in [5.74, 6) is -2.44. The minimum atomic E-state index is -4.15. The second kappa shape index (κ2) is 43.5. The normalized spacial score (nSPS) is 38.7. The number of carbonyl (C=O) groups excluding carboxylic acids is 6. The minimum Gasteiger partial charge on any atom is -0.481 e. The number of hydrogen-bond acceptors (Lipinski definition) is 39. The molecule has 16 bridgehead atoms. The van der Waals surface area contributed by atoms with E-state index in [1.165, 1.54) is 0 Å². The fourth-order valence-corrected chi connectivity index (χ4v) is 109. The van der Waals surface area contributed by atoms with E-state index >= 15 is 0 Å². The van der Waals surface area contributed by atoms with Gasteiger partial charge in [-0.1, -0.05) is 90.0 Å². The van der Waals surface area contributed by atoms with Gasteiger partial charge in [0.05, 0.1) is 58.9 Å². The Hall–Kier alpha value is -1.28. The van der Waals surface area contributed by atoms with Gasteiger partial charge in [-0.3, -0.25) is 28.8 Å². The highest BCUT2D eigenvalue weighted by molar-refractivity contribution is 7.05. The number of hydrogen-bond donors (Lipinski definition) is 1. The Morgan fingerprint density at radius 2 is 0.557 bits per heavy atom. The first-order valence-electron chi connectivity index (χ1n) is 46.8. The highest BCUT2D eigenvalue weighted by Crippen LogP contribution is 2.55. The van der Waals surface area contributed by atoms with Crippen LogP contribution in [0, 0.1) is 32.5 Å². The lowest BCUT2D eigenvalue weighted by molar-refractivity contribution is -0.196. The van der Waals surface area contributed by atoms with E-state index in [-0.39, 0.29) is 66.2 Å². The van der Waals surface area contributed by atoms with Crippen molar-refractivity contribution in [2.24, 2.45) is 32.5 Å². The second-order valence-corrected chi connectivity index (χ2v) is 88.6. The SMILES string of the molecule is CCC(C)(C)C(=O)O.CCC(C)(C)C(=O)OC1CCCCO1.CCC(C)(C)C(=O)OC1CCCCO1.CCC(C)(C)C(=O)OC1CCOC1=O.CCC(C)(C)C(=O)OCCC[Si]12O[Si]3(C)O[Si]4(C)O[Si]5(C)O[Si](C)(O3)O[Si](C)(O[Si](C)(O5)O[Si](C)(O4)O1)O2.CCC(C)(C)C(=O)OC[Si]12O[Si]3(CC)O[Si]4(CC)O[Si]5(CC)O[Si](CC)(O3)O[Si](CC)(O[Si](CC)(O5)O[Si](CC)(O4)O1)O2. The predicted molar refractivity (Wildman–Crippen MR) is 501 cm³/mol. The van der Waals surface area contributed by atoms with Crippen molar-refractivity contribution in [1.82, 2.24) is 0 Å². The largest absolute Gasteiger partial charge is 0.518 e. The van der Waals surface area contributed by atoms with Gasteiger partial charge in [0.25, 0.3) is 0 Å². The Bertz CT molecular complexity index is 3640. The van der Waals surface area contributed by atoms with Crippen LogP contribution in [0.25, 0.3) is 0 Å². The summed E-state index contributed by atoms with van der Waals surface area (Å²) < 4.78 is 207. The van der Waals surface area contributed by atoms with E-state index in [2.05, 4.69) is 0 Å². The average molecular weight is 2150 g/mol. The van der Waals surface area contributed by atoms with Crippen LogP contribution in [0.3, 0.4) is 0 Å². The molecule has 0 aromatic rings. The monoisotopic (exact) mass is 2140 g/mol. The summed E-state index contributed by atoms with van der Waals surface area (Å²) in [4.78, 5) is 82.0. The van der Waals surface area contributed by atoms with Crippen molar-refractivity contribution in [2.75, 3.05) is 32.7 Å². The van der Waals surface area contributed by atoms with Gasteiger partial charge >= 0.3 is 183 Å². The van der Waals surface area contributed by atoms with Crippen molar-refractivity contribution in [3.05, 3.63) is 0 Å². The molecule has 15 aliphatic rings. The topological polar surface area (TPSA) is 435 Å². The van der Waals surface area contributed by atoms with E-state index in [9.17, 15) is 33.6 Å². The van der Waals surface area contributed by atoms with Crippen molar-refractivity contribution in [2.45, 2.75) is 376 Å². The molecule has 15 saturated heterocycles. The zero-order valence-corrected chi connectivity index (χ0v) is 99.7. The first kappa shape index (κ1) is 115. The standard InChI is InChI=1S/C21H48O14Si8.C16H38O14Si8.2C11H20O3.C10H16O4.C6H12O2/c1-11-21(9,10)20(22)23-19-43-33-40(16-6)27-37(13-3)24-36(12-2)25-38(14-4,29-40)31-42(18-8,35-43)32-39(15-5,26-36)30-41(17-7,28-37)34-43;1-11-16(2,3)15(17)18-13-12-14-38-28-35(8)22-32(5)19-31(4)20-33(6,24-35)26-37(10,30-38)27-34(7,21-31)25-36(9,23-32)29-38;2*1-4-11(2,3)10(12)14-9-7-5-6-8-13-9;1-4-10(2,3)9(12)14-7-5-6-13-8(7)11;1-4-6(2,3)5(7)8/h11-19H2,1-10H3;11-14H2,1-10H3;2*9H,4-8H2,1-3H3;7H,4-6H2,1-3H3;4H2,1-3H3,(H,7,8). The van der Waals surface area contributed by atoms with Gasteiger partial charge < -0.3 is 142 Å². The third-order valence-corrected chi connectivity index (χ3v) is 97.2. The predicted octanol–water partition coefficient (Wildman–Crippen LogP) is 14.7. The fraction of sp³-hybridized carbons (Fsp3) is 0.907. The van der Waals surface area contributed by atoms with Crippen LogP contribution < -0.4 is 0 Å². The Balaban J connectivity index is 0.000000215. The number of rotatable bonds is 28. The third-order valence-electron chi connectivity index (χ3n) is 24.9.